The topological polar surface area (TPSA) is 33.5 Å². The molecule has 0 bridgehead atoms. The summed E-state index contributed by atoms with van der Waals surface area (Å²) in [6.45, 7) is 4.16. The van der Waals surface area contributed by atoms with Gasteiger partial charge in [-0.2, -0.15) is 0 Å². The van der Waals surface area contributed by atoms with Crippen LogP contribution in [0.15, 0.2) is 22.6 Å². The second kappa shape index (κ2) is 5.96. The van der Waals surface area contributed by atoms with Crippen LogP contribution in [0.4, 0.5) is 0 Å². The van der Waals surface area contributed by atoms with Crippen LogP contribution in [0.5, 0.6) is 0 Å². The Morgan fingerprint density at radius 2 is 2.05 bits per heavy atom. The molecule has 0 radical (unpaired) electrons. The first-order valence-corrected chi connectivity index (χ1v) is 8.32. The number of hydrogen-bond donors (Lipinski definition) is 0. The minimum atomic E-state index is -0.0245. The Bertz CT molecular complexity index is 706. The van der Waals surface area contributed by atoms with Crippen molar-refractivity contribution in [1.29, 1.82) is 0 Å². The molecule has 3 rings (SSSR count). The molecule has 118 valence electrons. The average molecular weight is 320 g/mol. The van der Waals surface area contributed by atoms with E-state index in [1.54, 1.807) is 6.07 Å². The maximum absolute atomic E-state index is 12.9. The molecule has 1 aromatic carbocycles. The lowest BCUT2D eigenvalue weighted by Crippen LogP contribution is -2.42. The average Bonchev–Trinajstić information content (AvgIpc) is 2.83. The van der Waals surface area contributed by atoms with Gasteiger partial charge >= 0.3 is 0 Å². The molecule has 0 N–H and O–H groups in total. The van der Waals surface area contributed by atoms with Crippen molar-refractivity contribution in [3.8, 4) is 0 Å². The van der Waals surface area contributed by atoms with Crippen molar-refractivity contribution in [2.75, 3.05) is 7.05 Å². The van der Waals surface area contributed by atoms with Gasteiger partial charge in [0.25, 0.3) is 5.91 Å². The summed E-state index contributed by atoms with van der Waals surface area (Å²) in [5, 5.41) is 1.57. The molecule has 2 atom stereocenters. The molecule has 0 aliphatic heterocycles. The van der Waals surface area contributed by atoms with Crippen molar-refractivity contribution >= 4 is 28.5 Å². The number of fused-ring (bicyclic) bond motifs is 1. The van der Waals surface area contributed by atoms with Gasteiger partial charge in [0.2, 0.25) is 0 Å². The van der Waals surface area contributed by atoms with Gasteiger partial charge in [0, 0.05) is 29.1 Å². The normalized spacial score (nSPS) is 22.0. The molecule has 1 aromatic heterocycles. The van der Waals surface area contributed by atoms with Crippen LogP contribution >= 0.6 is 11.6 Å². The number of carbonyl (C=O) groups is 1. The van der Waals surface area contributed by atoms with Gasteiger partial charge in [0.15, 0.2) is 5.76 Å². The molecule has 22 heavy (non-hydrogen) atoms. The first-order valence-electron chi connectivity index (χ1n) is 7.95. The number of aryl methyl sites for hydroxylation is 1. The molecule has 2 aromatic rings. The van der Waals surface area contributed by atoms with Gasteiger partial charge in [0.1, 0.15) is 5.58 Å². The van der Waals surface area contributed by atoms with Crippen LogP contribution in [-0.2, 0) is 0 Å². The zero-order chi connectivity index (χ0) is 15.9. The number of amides is 1. The molecule has 1 amide bonds. The van der Waals surface area contributed by atoms with Crippen molar-refractivity contribution in [3.63, 3.8) is 0 Å². The largest absolute Gasteiger partial charge is 0.451 e. The van der Waals surface area contributed by atoms with E-state index in [1.165, 1.54) is 19.3 Å². The van der Waals surface area contributed by atoms with Crippen molar-refractivity contribution in [2.24, 2.45) is 5.92 Å². The van der Waals surface area contributed by atoms with Gasteiger partial charge < -0.3 is 9.32 Å². The predicted octanol–water partition coefficient (Wildman–Crippen LogP) is 5.05. The molecular weight excluding hydrogens is 298 g/mol. The lowest BCUT2D eigenvalue weighted by atomic mass is 9.85. The van der Waals surface area contributed by atoms with Gasteiger partial charge in [-0.25, -0.2) is 0 Å². The third-order valence-corrected chi connectivity index (χ3v) is 5.21. The fraction of sp³-hybridized carbons (Fsp3) is 0.500. The Labute approximate surface area is 136 Å². The number of benzene rings is 1. The molecule has 0 spiro atoms. The quantitative estimate of drug-likeness (QED) is 0.776. The molecule has 2 unspecified atom stereocenters. The van der Waals surface area contributed by atoms with E-state index >= 15 is 0 Å². The van der Waals surface area contributed by atoms with Crippen LogP contribution in [0.2, 0.25) is 5.02 Å². The van der Waals surface area contributed by atoms with Crippen molar-refractivity contribution in [1.82, 2.24) is 4.90 Å². The minimum absolute atomic E-state index is 0.0245. The number of halogens is 1. The van der Waals surface area contributed by atoms with Crippen LogP contribution in [0, 0.1) is 12.8 Å². The Kier molecular flexibility index (Phi) is 4.18. The number of rotatable bonds is 2. The van der Waals surface area contributed by atoms with Crippen LogP contribution < -0.4 is 0 Å². The molecule has 1 fully saturated rings. The summed E-state index contributed by atoms with van der Waals surface area (Å²) in [4.78, 5) is 14.7. The Balaban J connectivity index is 1.93. The Hall–Kier alpha value is -1.48. The second-order valence-electron chi connectivity index (χ2n) is 6.44. The second-order valence-corrected chi connectivity index (χ2v) is 6.88. The van der Waals surface area contributed by atoms with Crippen LogP contribution in [0.3, 0.4) is 0 Å². The van der Waals surface area contributed by atoms with E-state index in [0.717, 1.165) is 23.0 Å². The van der Waals surface area contributed by atoms with Crippen molar-refractivity contribution in [2.45, 2.75) is 45.6 Å². The van der Waals surface area contributed by atoms with E-state index in [4.69, 9.17) is 16.0 Å². The predicted molar refractivity (Wildman–Crippen MR) is 89.5 cm³/mol. The lowest BCUT2D eigenvalue weighted by Gasteiger charge is -2.35. The Morgan fingerprint density at radius 3 is 2.77 bits per heavy atom. The summed E-state index contributed by atoms with van der Waals surface area (Å²) in [6.07, 6.45) is 4.73. The lowest BCUT2D eigenvalue weighted by molar-refractivity contribution is 0.0599. The van der Waals surface area contributed by atoms with Gasteiger partial charge in [-0.3, -0.25) is 4.79 Å². The highest BCUT2D eigenvalue weighted by Gasteiger charge is 2.30. The summed E-state index contributed by atoms with van der Waals surface area (Å²) < 4.78 is 5.81. The highest BCUT2D eigenvalue weighted by molar-refractivity contribution is 6.31. The monoisotopic (exact) mass is 319 g/mol. The van der Waals surface area contributed by atoms with Gasteiger partial charge in [0.05, 0.1) is 0 Å². The maximum Gasteiger partial charge on any atom is 0.289 e. The fourth-order valence-corrected chi connectivity index (χ4v) is 3.75. The first kappa shape index (κ1) is 15.4. The van der Waals surface area contributed by atoms with E-state index in [2.05, 4.69) is 6.92 Å². The summed E-state index contributed by atoms with van der Waals surface area (Å²) in [5.74, 6) is 0.961. The fourth-order valence-electron chi connectivity index (χ4n) is 3.58. The highest BCUT2D eigenvalue weighted by Crippen LogP contribution is 2.31. The third kappa shape index (κ3) is 2.63. The van der Waals surface area contributed by atoms with Gasteiger partial charge in [-0.1, -0.05) is 31.4 Å². The van der Waals surface area contributed by atoms with Gasteiger partial charge in [-0.05, 0) is 43.9 Å². The van der Waals surface area contributed by atoms with E-state index in [1.807, 2.05) is 31.0 Å². The smallest absolute Gasteiger partial charge is 0.289 e. The summed E-state index contributed by atoms with van der Waals surface area (Å²) in [6, 6.07) is 5.77. The molecule has 1 saturated carbocycles. The SMILES string of the molecule is Cc1c(C(=O)N(C)C2CCCCC2C)oc2ccc(Cl)cc12. The molecule has 0 saturated heterocycles. The highest BCUT2D eigenvalue weighted by atomic mass is 35.5. The van der Waals surface area contributed by atoms with Crippen LogP contribution in [0.1, 0.15) is 48.7 Å². The standard InChI is InChI=1S/C18H22ClNO2/c1-11-6-4-5-7-15(11)20(3)18(21)17-12(2)14-10-13(19)8-9-16(14)22-17/h8-11,15H,4-7H2,1-3H3. The first-order chi connectivity index (χ1) is 10.5. The molecule has 4 heteroatoms. The Morgan fingerprint density at radius 1 is 1.32 bits per heavy atom. The summed E-state index contributed by atoms with van der Waals surface area (Å²) >= 11 is 6.05. The van der Waals surface area contributed by atoms with E-state index in [9.17, 15) is 4.79 Å². The maximum atomic E-state index is 12.9. The summed E-state index contributed by atoms with van der Waals surface area (Å²) in [7, 11) is 1.90. The zero-order valence-corrected chi connectivity index (χ0v) is 14.1. The third-order valence-electron chi connectivity index (χ3n) is 4.98. The number of hydrogen-bond acceptors (Lipinski definition) is 2. The number of carbonyl (C=O) groups excluding carboxylic acids is 1. The molecule has 1 aliphatic rings. The summed E-state index contributed by atoms with van der Waals surface area (Å²) in [5.41, 5.74) is 1.59. The van der Waals surface area contributed by atoms with E-state index in [0.29, 0.717) is 22.7 Å². The van der Waals surface area contributed by atoms with Crippen molar-refractivity contribution in [3.05, 3.63) is 34.5 Å². The van der Waals surface area contributed by atoms with E-state index in [-0.39, 0.29) is 5.91 Å². The molecule has 1 aliphatic carbocycles. The molecule has 1 heterocycles. The van der Waals surface area contributed by atoms with Crippen LogP contribution in [0.25, 0.3) is 11.0 Å². The minimum Gasteiger partial charge on any atom is -0.451 e. The number of nitrogens with zero attached hydrogens (tertiary/aromatic N) is 1. The molecular formula is C18H22ClNO2. The van der Waals surface area contributed by atoms with E-state index < -0.39 is 0 Å². The van der Waals surface area contributed by atoms with Crippen LogP contribution in [-0.4, -0.2) is 23.9 Å². The molecule has 3 nitrogen and oxygen atoms in total. The van der Waals surface area contributed by atoms with Crippen molar-refractivity contribution < 1.29 is 9.21 Å². The zero-order valence-electron chi connectivity index (χ0n) is 13.4. The number of furan rings is 1. The van der Waals surface area contributed by atoms with Gasteiger partial charge in [-0.15, -0.1) is 0 Å².